The van der Waals surface area contributed by atoms with Gasteiger partial charge in [-0.05, 0) is 31.9 Å². The molecule has 25 heavy (non-hydrogen) atoms. The molecule has 0 atom stereocenters. The lowest BCUT2D eigenvalue weighted by atomic mass is 10.1. The standard InChI is InChI=1S/C15H24O4.3C2H6/c1-12-10-13(2)15(14(3)11-12)19-9-8-18-7-6-17-5-4-16;3*1-2/h10-11,16H,4-9H2,1-3H3;3*1-2H3. The number of aryl methyl sites for hydroxylation is 3. The minimum atomic E-state index is 0.0507. The van der Waals surface area contributed by atoms with Crippen LogP contribution in [-0.4, -0.2) is 44.7 Å². The van der Waals surface area contributed by atoms with E-state index in [1.807, 2.05) is 41.5 Å². The molecule has 1 aromatic carbocycles. The van der Waals surface area contributed by atoms with Crippen LogP contribution in [0, 0.1) is 20.8 Å². The van der Waals surface area contributed by atoms with Crippen LogP contribution in [0.1, 0.15) is 58.2 Å². The van der Waals surface area contributed by atoms with Crippen LogP contribution in [0.3, 0.4) is 0 Å². The van der Waals surface area contributed by atoms with Crippen molar-refractivity contribution < 1.29 is 19.3 Å². The van der Waals surface area contributed by atoms with Crippen molar-refractivity contribution in [3.8, 4) is 5.75 Å². The Labute approximate surface area is 156 Å². The number of rotatable bonds is 9. The van der Waals surface area contributed by atoms with E-state index in [0.29, 0.717) is 33.0 Å². The molecule has 150 valence electrons. The number of hydrogen-bond donors (Lipinski definition) is 1. The molecular weight excluding hydrogens is 316 g/mol. The van der Waals surface area contributed by atoms with Gasteiger partial charge in [0.15, 0.2) is 0 Å². The molecular formula is C21H42O4. The molecule has 0 radical (unpaired) electrons. The summed E-state index contributed by atoms with van der Waals surface area (Å²) in [5.74, 6) is 0.950. The molecule has 0 saturated carbocycles. The van der Waals surface area contributed by atoms with Gasteiger partial charge in [-0.25, -0.2) is 0 Å². The predicted octanol–water partition coefficient (Wildman–Crippen LogP) is 5.09. The van der Waals surface area contributed by atoms with Gasteiger partial charge in [-0.3, -0.25) is 0 Å². The monoisotopic (exact) mass is 358 g/mol. The van der Waals surface area contributed by atoms with E-state index >= 15 is 0 Å². The van der Waals surface area contributed by atoms with Gasteiger partial charge in [0.05, 0.1) is 33.0 Å². The van der Waals surface area contributed by atoms with Gasteiger partial charge in [0.2, 0.25) is 0 Å². The second-order valence-corrected chi connectivity index (χ2v) is 4.52. The zero-order valence-corrected chi connectivity index (χ0v) is 18.1. The Morgan fingerprint density at radius 1 is 0.680 bits per heavy atom. The van der Waals surface area contributed by atoms with Gasteiger partial charge >= 0.3 is 0 Å². The average molecular weight is 359 g/mol. The highest BCUT2D eigenvalue weighted by Crippen LogP contribution is 2.24. The third-order valence-corrected chi connectivity index (χ3v) is 2.69. The van der Waals surface area contributed by atoms with Crippen molar-refractivity contribution in [2.24, 2.45) is 0 Å². The van der Waals surface area contributed by atoms with Crippen molar-refractivity contribution >= 4 is 0 Å². The zero-order valence-electron chi connectivity index (χ0n) is 18.1. The molecule has 4 nitrogen and oxygen atoms in total. The molecule has 0 saturated heterocycles. The lowest BCUT2D eigenvalue weighted by Gasteiger charge is -2.13. The fourth-order valence-electron chi connectivity index (χ4n) is 1.98. The summed E-state index contributed by atoms with van der Waals surface area (Å²) < 4.78 is 16.2. The second kappa shape index (κ2) is 22.9. The first-order valence-electron chi connectivity index (χ1n) is 9.62. The van der Waals surface area contributed by atoms with E-state index in [0.717, 1.165) is 16.9 Å². The molecule has 1 rings (SSSR count). The largest absolute Gasteiger partial charge is 0.491 e. The van der Waals surface area contributed by atoms with E-state index in [2.05, 4.69) is 32.9 Å². The first-order valence-corrected chi connectivity index (χ1v) is 9.62. The molecule has 0 amide bonds. The van der Waals surface area contributed by atoms with Crippen LogP contribution in [0.25, 0.3) is 0 Å². The van der Waals surface area contributed by atoms with Gasteiger partial charge in [0.25, 0.3) is 0 Å². The van der Waals surface area contributed by atoms with Crippen molar-refractivity contribution in [2.75, 3.05) is 39.6 Å². The van der Waals surface area contributed by atoms with Gasteiger partial charge < -0.3 is 19.3 Å². The molecule has 0 aliphatic carbocycles. The molecule has 4 heteroatoms. The van der Waals surface area contributed by atoms with E-state index in [-0.39, 0.29) is 6.61 Å². The number of aliphatic hydroxyl groups is 1. The van der Waals surface area contributed by atoms with Crippen LogP contribution < -0.4 is 4.74 Å². The summed E-state index contributed by atoms with van der Waals surface area (Å²) in [4.78, 5) is 0. The third-order valence-electron chi connectivity index (χ3n) is 2.69. The summed E-state index contributed by atoms with van der Waals surface area (Å²) in [5, 5.41) is 8.52. The van der Waals surface area contributed by atoms with Crippen LogP contribution in [0.5, 0.6) is 5.75 Å². The number of ether oxygens (including phenoxy) is 3. The van der Waals surface area contributed by atoms with Crippen molar-refractivity contribution in [3.05, 3.63) is 28.8 Å². The smallest absolute Gasteiger partial charge is 0.125 e. The second-order valence-electron chi connectivity index (χ2n) is 4.52. The average Bonchev–Trinajstić information content (AvgIpc) is 2.64. The van der Waals surface area contributed by atoms with Crippen molar-refractivity contribution in [1.29, 1.82) is 0 Å². The van der Waals surface area contributed by atoms with Crippen molar-refractivity contribution in [1.82, 2.24) is 0 Å². The maximum Gasteiger partial charge on any atom is 0.125 e. The van der Waals surface area contributed by atoms with Crippen molar-refractivity contribution in [2.45, 2.75) is 62.3 Å². The quantitative estimate of drug-likeness (QED) is 0.624. The van der Waals surface area contributed by atoms with Crippen LogP contribution in [0.4, 0.5) is 0 Å². The number of benzene rings is 1. The fraction of sp³-hybridized carbons (Fsp3) is 0.714. The highest BCUT2D eigenvalue weighted by atomic mass is 16.5. The highest BCUT2D eigenvalue weighted by molar-refractivity contribution is 5.42. The van der Waals surface area contributed by atoms with Gasteiger partial charge in [0, 0.05) is 0 Å². The third kappa shape index (κ3) is 16.1. The molecule has 0 bridgehead atoms. The van der Waals surface area contributed by atoms with Gasteiger partial charge in [-0.1, -0.05) is 59.2 Å². The van der Waals surface area contributed by atoms with Gasteiger partial charge in [-0.2, -0.15) is 0 Å². The summed E-state index contributed by atoms with van der Waals surface area (Å²) in [5.41, 5.74) is 3.56. The predicted molar refractivity (Wildman–Crippen MR) is 109 cm³/mol. The summed E-state index contributed by atoms with van der Waals surface area (Å²) >= 11 is 0. The van der Waals surface area contributed by atoms with Gasteiger partial charge in [0.1, 0.15) is 12.4 Å². The fourth-order valence-corrected chi connectivity index (χ4v) is 1.98. The SMILES string of the molecule is CC.CC.CC.Cc1cc(C)c(OCCOCCOCCO)c(C)c1. The van der Waals surface area contributed by atoms with Crippen molar-refractivity contribution in [3.63, 3.8) is 0 Å². The Morgan fingerprint density at radius 2 is 1.08 bits per heavy atom. The van der Waals surface area contributed by atoms with E-state index in [4.69, 9.17) is 19.3 Å². The maximum absolute atomic E-state index is 8.52. The summed E-state index contributed by atoms with van der Waals surface area (Å²) in [7, 11) is 0. The van der Waals surface area contributed by atoms with Crippen LogP contribution in [0.15, 0.2) is 12.1 Å². The molecule has 1 aromatic rings. The highest BCUT2D eigenvalue weighted by Gasteiger charge is 2.04. The maximum atomic E-state index is 8.52. The first kappa shape index (κ1) is 28.7. The minimum Gasteiger partial charge on any atom is -0.491 e. The minimum absolute atomic E-state index is 0.0507. The lowest BCUT2D eigenvalue weighted by Crippen LogP contribution is -2.12. The Bertz CT molecular complexity index is 355. The molecule has 1 N–H and O–H groups in total. The van der Waals surface area contributed by atoms with E-state index in [1.165, 1.54) is 5.56 Å². The first-order chi connectivity index (χ1) is 12.1. The van der Waals surface area contributed by atoms with E-state index in [1.54, 1.807) is 0 Å². The van der Waals surface area contributed by atoms with Crippen LogP contribution >= 0.6 is 0 Å². The number of aliphatic hydroxyl groups excluding tert-OH is 1. The Balaban J connectivity index is -0.000000725. The molecule has 0 heterocycles. The van der Waals surface area contributed by atoms with Crippen LogP contribution in [-0.2, 0) is 9.47 Å². The lowest BCUT2D eigenvalue weighted by molar-refractivity contribution is 0.0246. The molecule has 0 spiro atoms. The Hall–Kier alpha value is -1.10. The number of hydrogen-bond acceptors (Lipinski definition) is 4. The summed E-state index contributed by atoms with van der Waals surface area (Å²) in [6.07, 6.45) is 0. The van der Waals surface area contributed by atoms with Gasteiger partial charge in [-0.15, -0.1) is 0 Å². The summed E-state index contributed by atoms with van der Waals surface area (Å²) in [6, 6.07) is 4.23. The van der Waals surface area contributed by atoms with Crippen LogP contribution in [0.2, 0.25) is 0 Å². The van der Waals surface area contributed by atoms with E-state index < -0.39 is 0 Å². The molecule has 0 aliphatic heterocycles. The molecule has 0 fully saturated rings. The topological polar surface area (TPSA) is 47.9 Å². The normalized spacial score (nSPS) is 8.88. The molecule has 0 aliphatic rings. The van der Waals surface area contributed by atoms with E-state index in [9.17, 15) is 0 Å². The zero-order chi connectivity index (χ0) is 20.1. The summed E-state index contributed by atoms with van der Waals surface area (Å²) in [6.45, 7) is 20.7. The molecule has 0 aromatic heterocycles. The molecule has 0 unspecified atom stereocenters. The Kier molecular flexibility index (Phi) is 26.3. The Morgan fingerprint density at radius 3 is 1.52 bits per heavy atom.